The molecule has 0 aromatic heterocycles. The molecule has 25 heavy (non-hydrogen) atoms. The molecule has 0 aliphatic rings. The minimum atomic E-state index is -0.377. The van der Waals surface area contributed by atoms with Crippen LogP contribution in [0.5, 0.6) is 0 Å². The van der Waals surface area contributed by atoms with Crippen LogP contribution < -0.4 is 10.7 Å². The number of anilines is 1. The lowest BCUT2D eigenvalue weighted by Gasteiger charge is -2.07. The lowest BCUT2D eigenvalue weighted by atomic mass is 10.2. The fourth-order valence-corrected chi connectivity index (χ4v) is 2.28. The molecule has 0 atom stereocenters. The van der Waals surface area contributed by atoms with E-state index in [-0.39, 0.29) is 24.7 Å². The quantitative estimate of drug-likeness (QED) is 0.555. The van der Waals surface area contributed by atoms with E-state index in [4.69, 9.17) is 34.8 Å². The van der Waals surface area contributed by atoms with Crippen LogP contribution in [0.25, 0.3) is 0 Å². The van der Waals surface area contributed by atoms with Gasteiger partial charge in [0.05, 0.1) is 16.9 Å². The Morgan fingerprint density at radius 1 is 0.920 bits per heavy atom. The van der Waals surface area contributed by atoms with E-state index in [1.165, 1.54) is 12.3 Å². The average molecular weight is 399 g/mol. The summed E-state index contributed by atoms with van der Waals surface area (Å²) >= 11 is 17.6. The Balaban J connectivity index is 1.76. The second kappa shape index (κ2) is 9.42. The Kier molecular flexibility index (Phi) is 7.25. The van der Waals surface area contributed by atoms with E-state index in [2.05, 4.69) is 15.8 Å². The van der Waals surface area contributed by atoms with Crippen molar-refractivity contribution in [3.05, 3.63) is 63.1 Å². The first-order valence-corrected chi connectivity index (χ1v) is 8.40. The summed E-state index contributed by atoms with van der Waals surface area (Å²) in [7, 11) is 0. The van der Waals surface area contributed by atoms with Gasteiger partial charge in [-0.05, 0) is 35.9 Å². The van der Waals surface area contributed by atoms with Crippen molar-refractivity contribution in [3.8, 4) is 0 Å². The highest BCUT2D eigenvalue weighted by atomic mass is 35.5. The van der Waals surface area contributed by atoms with Crippen LogP contribution in [-0.4, -0.2) is 18.0 Å². The van der Waals surface area contributed by atoms with Crippen LogP contribution in [0.3, 0.4) is 0 Å². The first kappa shape index (κ1) is 19.2. The van der Waals surface area contributed by atoms with Gasteiger partial charge >= 0.3 is 0 Å². The van der Waals surface area contributed by atoms with Crippen molar-refractivity contribution in [2.75, 3.05) is 5.32 Å². The number of hydrazone groups is 1. The highest BCUT2D eigenvalue weighted by molar-refractivity contribution is 6.35. The third kappa shape index (κ3) is 6.74. The van der Waals surface area contributed by atoms with Gasteiger partial charge in [0.1, 0.15) is 0 Å². The monoisotopic (exact) mass is 397 g/mol. The second-order valence-corrected chi connectivity index (χ2v) is 6.30. The van der Waals surface area contributed by atoms with E-state index in [0.717, 1.165) is 5.56 Å². The molecule has 2 aromatic rings. The number of carbonyl (C=O) groups excluding carboxylic acids is 2. The number of halogens is 3. The molecule has 0 fully saturated rings. The standard InChI is InChI=1S/C17H14Cl3N3O2/c18-12-3-1-11(2-4-12)10-21-23-17(25)8-7-16(24)22-15-9-13(19)5-6-14(15)20/h1-6,9-10H,7-8H2,(H,22,24)(H,23,25). The Labute approximate surface area is 160 Å². The summed E-state index contributed by atoms with van der Waals surface area (Å²) in [6, 6.07) is 11.7. The summed E-state index contributed by atoms with van der Waals surface area (Å²) in [5.74, 6) is -0.724. The molecule has 0 radical (unpaired) electrons. The second-order valence-electron chi connectivity index (χ2n) is 5.02. The molecule has 2 amide bonds. The number of benzene rings is 2. The fraction of sp³-hybridized carbons (Fsp3) is 0.118. The summed E-state index contributed by atoms with van der Waals surface area (Å²) in [5, 5.41) is 7.87. The van der Waals surface area contributed by atoms with Crippen LogP contribution >= 0.6 is 34.8 Å². The first-order valence-electron chi connectivity index (χ1n) is 7.26. The summed E-state index contributed by atoms with van der Waals surface area (Å²) < 4.78 is 0. The molecule has 0 aliphatic heterocycles. The highest BCUT2D eigenvalue weighted by Crippen LogP contribution is 2.25. The van der Waals surface area contributed by atoms with E-state index in [0.29, 0.717) is 20.8 Å². The molecule has 0 bridgehead atoms. The van der Waals surface area contributed by atoms with E-state index in [1.54, 1.807) is 36.4 Å². The van der Waals surface area contributed by atoms with Gasteiger partial charge < -0.3 is 5.32 Å². The molecule has 0 spiro atoms. The molecular weight excluding hydrogens is 385 g/mol. The van der Waals surface area contributed by atoms with Gasteiger partial charge in [-0.15, -0.1) is 0 Å². The Morgan fingerprint density at radius 3 is 2.28 bits per heavy atom. The Bertz CT molecular complexity index is 792. The maximum absolute atomic E-state index is 11.9. The zero-order valence-electron chi connectivity index (χ0n) is 12.9. The summed E-state index contributed by atoms with van der Waals surface area (Å²) in [4.78, 5) is 23.6. The van der Waals surface area contributed by atoms with E-state index in [9.17, 15) is 9.59 Å². The van der Waals surface area contributed by atoms with Crippen LogP contribution in [0, 0.1) is 0 Å². The molecule has 2 rings (SSSR count). The normalized spacial score (nSPS) is 10.7. The minimum absolute atomic E-state index is 0.00879. The predicted octanol–water partition coefficient (Wildman–Crippen LogP) is 4.52. The van der Waals surface area contributed by atoms with Crippen molar-refractivity contribution in [1.29, 1.82) is 0 Å². The minimum Gasteiger partial charge on any atom is -0.325 e. The number of hydrogen-bond acceptors (Lipinski definition) is 3. The zero-order chi connectivity index (χ0) is 18.2. The smallest absolute Gasteiger partial charge is 0.240 e. The van der Waals surface area contributed by atoms with E-state index in [1.807, 2.05) is 0 Å². The van der Waals surface area contributed by atoms with Crippen molar-refractivity contribution in [2.45, 2.75) is 12.8 Å². The Hall–Kier alpha value is -2.08. The van der Waals surface area contributed by atoms with Gasteiger partial charge in [-0.2, -0.15) is 5.10 Å². The topological polar surface area (TPSA) is 70.6 Å². The summed E-state index contributed by atoms with van der Waals surface area (Å²) in [6.07, 6.45) is 1.47. The molecule has 0 saturated heterocycles. The largest absolute Gasteiger partial charge is 0.325 e. The SMILES string of the molecule is O=C(CCC(=O)Nc1cc(Cl)ccc1Cl)NN=Cc1ccc(Cl)cc1. The lowest BCUT2D eigenvalue weighted by molar-refractivity contribution is -0.124. The maximum Gasteiger partial charge on any atom is 0.240 e. The summed E-state index contributed by atoms with van der Waals surface area (Å²) in [5.41, 5.74) is 3.55. The number of carbonyl (C=O) groups is 2. The molecular formula is C17H14Cl3N3O2. The number of nitrogens with zero attached hydrogens (tertiary/aromatic N) is 1. The van der Waals surface area contributed by atoms with Gasteiger partial charge in [-0.3, -0.25) is 9.59 Å². The predicted molar refractivity (Wildman–Crippen MR) is 102 cm³/mol. The van der Waals surface area contributed by atoms with Crippen molar-refractivity contribution in [3.63, 3.8) is 0 Å². The van der Waals surface area contributed by atoms with Crippen LogP contribution in [0.2, 0.25) is 15.1 Å². The zero-order valence-corrected chi connectivity index (χ0v) is 15.2. The van der Waals surface area contributed by atoms with Crippen molar-refractivity contribution < 1.29 is 9.59 Å². The average Bonchev–Trinajstić information content (AvgIpc) is 2.58. The number of amides is 2. The molecule has 8 heteroatoms. The molecule has 0 aliphatic carbocycles. The third-order valence-electron chi connectivity index (χ3n) is 3.05. The highest BCUT2D eigenvalue weighted by Gasteiger charge is 2.09. The molecule has 130 valence electrons. The van der Waals surface area contributed by atoms with Gasteiger partial charge in [0.2, 0.25) is 11.8 Å². The first-order chi connectivity index (χ1) is 11.9. The van der Waals surface area contributed by atoms with E-state index < -0.39 is 0 Å². The van der Waals surface area contributed by atoms with Gasteiger partial charge in [0, 0.05) is 22.9 Å². The van der Waals surface area contributed by atoms with Crippen LogP contribution in [0.1, 0.15) is 18.4 Å². The molecule has 0 unspecified atom stereocenters. The number of rotatable bonds is 6. The fourth-order valence-electron chi connectivity index (χ4n) is 1.82. The van der Waals surface area contributed by atoms with E-state index >= 15 is 0 Å². The van der Waals surface area contributed by atoms with Crippen LogP contribution in [0.15, 0.2) is 47.6 Å². The van der Waals surface area contributed by atoms with Gasteiger partial charge in [0.15, 0.2) is 0 Å². The summed E-state index contributed by atoms with van der Waals surface area (Å²) in [6.45, 7) is 0. The molecule has 0 saturated carbocycles. The maximum atomic E-state index is 11.9. The van der Waals surface area contributed by atoms with Gasteiger partial charge in [-0.25, -0.2) is 5.43 Å². The third-order valence-corrected chi connectivity index (χ3v) is 3.87. The lowest BCUT2D eigenvalue weighted by Crippen LogP contribution is -2.20. The van der Waals surface area contributed by atoms with Gasteiger partial charge in [-0.1, -0.05) is 46.9 Å². The van der Waals surface area contributed by atoms with Gasteiger partial charge in [0.25, 0.3) is 0 Å². The number of hydrogen-bond donors (Lipinski definition) is 2. The van der Waals surface area contributed by atoms with Crippen molar-refractivity contribution in [1.82, 2.24) is 5.43 Å². The Morgan fingerprint density at radius 2 is 1.56 bits per heavy atom. The molecule has 2 N–H and O–H groups in total. The van der Waals surface area contributed by atoms with Crippen LogP contribution in [-0.2, 0) is 9.59 Å². The molecule has 2 aromatic carbocycles. The molecule has 5 nitrogen and oxygen atoms in total. The number of nitrogens with one attached hydrogen (secondary N) is 2. The van der Waals surface area contributed by atoms with Crippen molar-refractivity contribution in [2.24, 2.45) is 5.10 Å². The van der Waals surface area contributed by atoms with Crippen LogP contribution in [0.4, 0.5) is 5.69 Å². The van der Waals surface area contributed by atoms with Crippen molar-refractivity contribution >= 4 is 58.5 Å². The molecule has 0 heterocycles.